The highest BCUT2D eigenvalue weighted by atomic mass is 127. The van der Waals surface area contributed by atoms with Crippen LogP contribution in [0.3, 0.4) is 0 Å². The standard InChI is InChI=1S/C15H12IN3O/c16-12-8-4-7-11(9-12)14-18-19-15(20-14)13(17)10-5-2-1-3-6-10/h1-9,13H,17H2. The van der Waals surface area contributed by atoms with Crippen molar-refractivity contribution in [2.45, 2.75) is 6.04 Å². The summed E-state index contributed by atoms with van der Waals surface area (Å²) in [5.41, 5.74) is 7.99. The van der Waals surface area contributed by atoms with E-state index in [2.05, 4.69) is 32.8 Å². The van der Waals surface area contributed by atoms with E-state index in [1.165, 1.54) is 0 Å². The average molecular weight is 377 g/mol. The van der Waals surface area contributed by atoms with Gasteiger partial charge in [-0.2, -0.15) is 0 Å². The third-order valence-electron chi connectivity index (χ3n) is 2.94. The molecule has 0 bridgehead atoms. The van der Waals surface area contributed by atoms with Crippen LogP contribution in [0.5, 0.6) is 0 Å². The van der Waals surface area contributed by atoms with Crippen molar-refractivity contribution in [2.75, 3.05) is 0 Å². The molecule has 3 aromatic rings. The molecule has 0 saturated heterocycles. The highest BCUT2D eigenvalue weighted by Crippen LogP contribution is 2.24. The molecule has 2 N–H and O–H groups in total. The summed E-state index contributed by atoms with van der Waals surface area (Å²) in [6, 6.07) is 17.2. The molecule has 1 aromatic heterocycles. The second-order valence-corrected chi connectivity index (χ2v) is 5.59. The molecule has 20 heavy (non-hydrogen) atoms. The molecule has 0 radical (unpaired) electrons. The van der Waals surface area contributed by atoms with Crippen LogP contribution < -0.4 is 5.73 Å². The molecule has 4 nitrogen and oxygen atoms in total. The minimum Gasteiger partial charge on any atom is -0.419 e. The second kappa shape index (κ2) is 5.72. The van der Waals surface area contributed by atoms with Crippen molar-refractivity contribution < 1.29 is 4.42 Å². The van der Waals surface area contributed by atoms with E-state index < -0.39 is 6.04 Å². The fraction of sp³-hybridized carbons (Fsp3) is 0.0667. The Labute approximate surface area is 130 Å². The van der Waals surface area contributed by atoms with Crippen molar-refractivity contribution in [2.24, 2.45) is 5.73 Å². The van der Waals surface area contributed by atoms with E-state index in [1.54, 1.807) is 0 Å². The molecule has 1 unspecified atom stereocenters. The summed E-state index contributed by atoms with van der Waals surface area (Å²) >= 11 is 2.25. The molecule has 1 atom stereocenters. The first-order valence-electron chi connectivity index (χ1n) is 6.14. The van der Waals surface area contributed by atoms with Crippen LogP contribution in [0.2, 0.25) is 0 Å². The van der Waals surface area contributed by atoms with Crippen LogP contribution in [0.1, 0.15) is 17.5 Å². The summed E-state index contributed by atoms with van der Waals surface area (Å²) < 4.78 is 6.81. The minimum atomic E-state index is -0.403. The average Bonchev–Trinajstić information content (AvgIpc) is 2.97. The number of nitrogens with two attached hydrogens (primary N) is 1. The summed E-state index contributed by atoms with van der Waals surface area (Å²) in [6.07, 6.45) is 0. The van der Waals surface area contributed by atoms with Crippen LogP contribution in [-0.2, 0) is 0 Å². The van der Waals surface area contributed by atoms with E-state index >= 15 is 0 Å². The Morgan fingerprint density at radius 3 is 2.55 bits per heavy atom. The molecule has 0 aliphatic rings. The number of aromatic nitrogens is 2. The number of hydrogen-bond acceptors (Lipinski definition) is 4. The Morgan fingerprint density at radius 2 is 1.80 bits per heavy atom. The van der Waals surface area contributed by atoms with Crippen molar-refractivity contribution in [3.8, 4) is 11.5 Å². The van der Waals surface area contributed by atoms with Crippen molar-refractivity contribution in [1.82, 2.24) is 10.2 Å². The number of halogens is 1. The van der Waals surface area contributed by atoms with Crippen LogP contribution in [0.25, 0.3) is 11.5 Å². The van der Waals surface area contributed by atoms with Crippen molar-refractivity contribution >= 4 is 22.6 Å². The van der Waals surface area contributed by atoms with Gasteiger partial charge in [-0.1, -0.05) is 36.4 Å². The molecule has 3 rings (SSSR count). The van der Waals surface area contributed by atoms with Crippen molar-refractivity contribution in [3.05, 3.63) is 69.6 Å². The van der Waals surface area contributed by atoms with Crippen LogP contribution in [-0.4, -0.2) is 10.2 Å². The molecule has 2 aromatic carbocycles. The van der Waals surface area contributed by atoms with Gasteiger partial charge in [0.05, 0.1) is 0 Å². The summed E-state index contributed by atoms with van der Waals surface area (Å²) in [6.45, 7) is 0. The fourth-order valence-corrected chi connectivity index (χ4v) is 2.44. The van der Waals surface area contributed by atoms with E-state index in [9.17, 15) is 0 Å². The molecular formula is C15H12IN3O. The van der Waals surface area contributed by atoms with Gasteiger partial charge in [-0.05, 0) is 46.4 Å². The molecule has 100 valence electrons. The topological polar surface area (TPSA) is 64.9 Å². The smallest absolute Gasteiger partial charge is 0.247 e. The first-order chi connectivity index (χ1) is 9.74. The van der Waals surface area contributed by atoms with Crippen molar-refractivity contribution in [3.63, 3.8) is 0 Å². The third-order valence-corrected chi connectivity index (χ3v) is 3.61. The lowest BCUT2D eigenvalue weighted by Gasteiger charge is -2.06. The second-order valence-electron chi connectivity index (χ2n) is 4.34. The lowest BCUT2D eigenvalue weighted by Crippen LogP contribution is -2.11. The van der Waals surface area contributed by atoms with Crippen LogP contribution in [0.15, 0.2) is 59.0 Å². The molecule has 5 heteroatoms. The SMILES string of the molecule is NC(c1ccccc1)c1nnc(-c2cccc(I)c2)o1. The van der Waals surface area contributed by atoms with Crippen LogP contribution >= 0.6 is 22.6 Å². The first kappa shape index (κ1) is 13.3. The lowest BCUT2D eigenvalue weighted by molar-refractivity contribution is 0.484. The Balaban J connectivity index is 1.91. The van der Waals surface area contributed by atoms with E-state index in [-0.39, 0.29) is 0 Å². The highest BCUT2D eigenvalue weighted by Gasteiger charge is 2.17. The predicted octanol–water partition coefficient (Wildman–Crippen LogP) is 3.39. The fourth-order valence-electron chi connectivity index (χ4n) is 1.90. The van der Waals surface area contributed by atoms with Gasteiger partial charge in [0.25, 0.3) is 0 Å². The Kier molecular flexibility index (Phi) is 3.79. The predicted molar refractivity (Wildman–Crippen MR) is 84.9 cm³/mol. The number of benzene rings is 2. The summed E-state index contributed by atoms with van der Waals surface area (Å²) in [5.74, 6) is 0.912. The maximum absolute atomic E-state index is 6.14. The summed E-state index contributed by atoms with van der Waals surface area (Å²) in [4.78, 5) is 0. The van der Waals surface area contributed by atoms with E-state index in [0.29, 0.717) is 11.8 Å². The zero-order valence-electron chi connectivity index (χ0n) is 10.5. The molecule has 0 saturated carbocycles. The van der Waals surface area contributed by atoms with Gasteiger partial charge >= 0.3 is 0 Å². The first-order valence-corrected chi connectivity index (χ1v) is 7.22. The van der Waals surface area contributed by atoms with Gasteiger partial charge in [-0.25, -0.2) is 0 Å². The molecule has 0 amide bonds. The maximum atomic E-state index is 6.14. The van der Waals surface area contributed by atoms with Gasteiger partial charge < -0.3 is 10.2 Å². The van der Waals surface area contributed by atoms with Crippen LogP contribution in [0, 0.1) is 3.57 Å². The van der Waals surface area contributed by atoms with E-state index in [4.69, 9.17) is 10.2 Å². The molecule has 0 fully saturated rings. The zero-order chi connectivity index (χ0) is 13.9. The molecule has 0 aliphatic heterocycles. The normalized spacial score (nSPS) is 12.3. The van der Waals surface area contributed by atoms with Gasteiger partial charge in [-0.3, -0.25) is 0 Å². The molecular weight excluding hydrogens is 365 g/mol. The Hall–Kier alpha value is -1.73. The number of nitrogens with zero attached hydrogens (tertiary/aromatic N) is 2. The van der Waals surface area contributed by atoms with Gasteiger partial charge in [-0.15, -0.1) is 10.2 Å². The maximum Gasteiger partial charge on any atom is 0.247 e. The van der Waals surface area contributed by atoms with Crippen molar-refractivity contribution in [1.29, 1.82) is 0 Å². The monoisotopic (exact) mass is 377 g/mol. The van der Waals surface area contributed by atoms with E-state index in [1.807, 2.05) is 54.6 Å². The third kappa shape index (κ3) is 2.73. The van der Waals surface area contributed by atoms with Gasteiger partial charge in [0.1, 0.15) is 6.04 Å². The molecule has 1 heterocycles. The highest BCUT2D eigenvalue weighted by molar-refractivity contribution is 14.1. The van der Waals surface area contributed by atoms with Crippen LogP contribution in [0.4, 0.5) is 0 Å². The Bertz CT molecular complexity index is 712. The number of hydrogen-bond donors (Lipinski definition) is 1. The lowest BCUT2D eigenvalue weighted by atomic mass is 10.1. The van der Waals surface area contributed by atoms with E-state index in [0.717, 1.165) is 14.7 Å². The summed E-state index contributed by atoms with van der Waals surface area (Å²) in [7, 11) is 0. The van der Waals surface area contributed by atoms with Gasteiger partial charge in [0, 0.05) is 9.13 Å². The van der Waals surface area contributed by atoms with Gasteiger partial charge in [0.15, 0.2) is 0 Å². The van der Waals surface area contributed by atoms with Gasteiger partial charge in [0.2, 0.25) is 11.8 Å². The molecule has 0 aliphatic carbocycles. The quantitative estimate of drug-likeness (QED) is 0.711. The minimum absolute atomic E-state index is 0.403. The zero-order valence-corrected chi connectivity index (χ0v) is 12.7. The Morgan fingerprint density at radius 1 is 1.00 bits per heavy atom. The molecule has 0 spiro atoms. The summed E-state index contributed by atoms with van der Waals surface area (Å²) in [5, 5.41) is 8.13. The number of rotatable bonds is 3. The largest absolute Gasteiger partial charge is 0.419 e.